The van der Waals surface area contributed by atoms with Crippen molar-refractivity contribution in [3.63, 3.8) is 0 Å². The average molecular weight is 373 g/mol. The fourth-order valence-electron chi connectivity index (χ4n) is 3.80. The van der Waals surface area contributed by atoms with E-state index < -0.39 is 11.6 Å². The molecule has 144 valence electrons. The molecule has 1 fully saturated rings. The molecule has 1 heterocycles. The van der Waals surface area contributed by atoms with Crippen LogP contribution >= 0.6 is 0 Å². The van der Waals surface area contributed by atoms with Gasteiger partial charge in [-0.1, -0.05) is 0 Å². The molecule has 1 aliphatic rings. The molecule has 1 N–H and O–H groups in total. The van der Waals surface area contributed by atoms with Crippen LogP contribution in [0.4, 0.5) is 14.5 Å². The van der Waals surface area contributed by atoms with E-state index >= 15 is 0 Å². The number of halogens is 2. The quantitative estimate of drug-likeness (QED) is 0.887. The molecule has 27 heavy (non-hydrogen) atoms. The van der Waals surface area contributed by atoms with Gasteiger partial charge in [-0.25, -0.2) is 8.78 Å². The third-order valence-corrected chi connectivity index (χ3v) is 5.05. The van der Waals surface area contributed by atoms with Crippen molar-refractivity contribution in [2.75, 3.05) is 25.5 Å². The standard InChI is InChI=1S/C21H25F2N3O/c1-14-11-25(13-17-10-18(22)6-9-20(17)23)12-15(2)26(14)21(27)16-4-7-19(24-3)8-5-16/h4-10,14-15,24H,11-13H2,1-3H3. The number of hydrogen-bond acceptors (Lipinski definition) is 3. The Kier molecular flexibility index (Phi) is 5.75. The van der Waals surface area contributed by atoms with Crippen molar-refractivity contribution in [2.24, 2.45) is 0 Å². The maximum absolute atomic E-state index is 13.9. The zero-order valence-electron chi connectivity index (χ0n) is 15.9. The molecule has 0 aromatic heterocycles. The van der Waals surface area contributed by atoms with E-state index in [4.69, 9.17) is 0 Å². The molecule has 1 amide bonds. The largest absolute Gasteiger partial charge is 0.388 e. The summed E-state index contributed by atoms with van der Waals surface area (Å²) < 4.78 is 27.4. The van der Waals surface area contributed by atoms with E-state index in [0.717, 1.165) is 17.8 Å². The van der Waals surface area contributed by atoms with Gasteiger partial charge in [0.25, 0.3) is 5.91 Å². The molecule has 0 radical (unpaired) electrons. The summed E-state index contributed by atoms with van der Waals surface area (Å²) in [6.45, 7) is 5.54. The molecule has 0 spiro atoms. The van der Waals surface area contributed by atoms with Crippen LogP contribution in [0.3, 0.4) is 0 Å². The molecule has 0 bridgehead atoms. The van der Waals surface area contributed by atoms with Gasteiger partial charge in [0.2, 0.25) is 0 Å². The van der Waals surface area contributed by atoms with E-state index in [2.05, 4.69) is 10.2 Å². The minimum absolute atomic E-state index is 0.00533. The molecule has 1 aliphatic heterocycles. The number of amides is 1. The van der Waals surface area contributed by atoms with Crippen molar-refractivity contribution in [1.29, 1.82) is 0 Å². The Morgan fingerprint density at radius 1 is 1.07 bits per heavy atom. The van der Waals surface area contributed by atoms with Crippen molar-refractivity contribution in [3.05, 3.63) is 65.2 Å². The number of nitrogens with one attached hydrogen (secondary N) is 1. The Morgan fingerprint density at radius 3 is 2.30 bits per heavy atom. The zero-order valence-corrected chi connectivity index (χ0v) is 15.9. The lowest BCUT2D eigenvalue weighted by Gasteiger charge is -2.44. The zero-order chi connectivity index (χ0) is 19.6. The highest BCUT2D eigenvalue weighted by atomic mass is 19.1. The lowest BCUT2D eigenvalue weighted by molar-refractivity contribution is 0.0265. The van der Waals surface area contributed by atoms with Crippen molar-refractivity contribution < 1.29 is 13.6 Å². The van der Waals surface area contributed by atoms with Crippen LogP contribution in [0.5, 0.6) is 0 Å². The molecule has 4 nitrogen and oxygen atoms in total. The second kappa shape index (κ2) is 8.05. The first-order valence-electron chi connectivity index (χ1n) is 9.15. The van der Waals surface area contributed by atoms with Gasteiger partial charge in [-0.05, 0) is 56.3 Å². The minimum atomic E-state index is -0.439. The lowest BCUT2D eigenvalue weighted by atomic mass is 10.0. The third kappa shape index (κ3) is 4.27. The number of piperazine rings is 1. The van der Waals surface area contributed by atoms with Gasteiger partial charge in [0.1, 0.15) is 11.6 Å². The summed E-state index contributed by atoms with van der Waals surface area (Å²) in [5.41, 5.74) is 1.95. The van der Waals surface area contributed by atoms with Crippen LogP contribution in [-0.2, 0) is 6.54 Å². The highest BCUT2D eigenvalue weighted by Gasteiger charge is 2.33. The van der Waals surface area contributed by atoms with E-state index in [1.807, 2.05) is 50.1 Å². The second-order valence-corrected chi connectivity index (χ2v) is 7.17. The first-order valence-corrected chi connectivity index (χ1v) is 9.15. The van der Waals surface area contributed by atoms with Crippen LogP contribution in [0.15, 0.2) is 42.5 Å². The topological polar surface area (TPSA) is 35.6 Å². The van der Waals surface area contributed by atoms with E-state index in [1.165, 1.54) is 6.07 Å². The van der Waals surface area contributed by atoms with Crippen LogP contribution in [0.25, 0.3) is 0 Å². The summed E-state index contributed by atoms with van der Waals surface area (Å²) >= 11 is 0. The van der Waals surface area contributed by atoms with Crippen molar-refractivity contribution >= 4 is 11.6 Å². The number of hydrogen-bond donors (Lipinski definition) is 1. The predicted octanol–water partition coefficient (Wildman–Crippen LogP) is 3.74. The number of rotatable bonds is 4. The van der Waals surface area contributed by atoms with Crippen LogP contribution in [0, 0.1) is 11.6 Å². The van der Waals surface area contributed by atoms with Crippen molar-refractivity contribution in [3.8, 4) is 0 Å². The van der Waals surface area contributed by atoms with E-state index in [9.17, 15) is 13.6 Å². The summed E-state index contributed by atoms with van der Waals surface area (Å²) in [4.78, 5) is 16.9. The number of carbonyl (C=O) groups is 1. The summed E-state index contributed by atoms with van der Waals surface area (Å²) in [6.07, 6.45) is 0. The highest BCUT2D eigenvalue weighted by Crippen LogP contribution is 2.22. The molecule has 1 saturated heterocycles. The molecule has 2 aromatic rings. The van der Waals surface area contributed by atoms with E-state index in [-0.39, 0.29) is 18.0 Å². The molecule has 3 rings (SSSR count). The van der Waals surface area contributed by atoms with Gasteiger partial charge in [0.15, 0.2) is 0 Å². The minimum Gasteiger partial charge on any atom is -0.388 e. The average Bonchev–Trinajstić information content (AvgIpc) is 2.64. The predicted molar refractivity (Wildman–Crippen MR) is 103 cm³/mol. The van der Waals surface area contributed by atoms with Gasteiger partial charge in [0.05, 0.1) is 0 Å². The summed E-state index contributed by atoms with van der Waals surface area (Å²) in [5.74, 6) is -0.847. The van der Waals surface area contributed by atoms with Gasteiger partial charge >= 0.3 is 0 Å². The first kappa shape index (κ1) is 19.3. The summed E-state index contributed by atoms with van der Waals surface area (Å²) in [6, 6.07) is 10.9. The van der Waals surface area contributed by atoms with Gasteiger partial charge in [-0.15, -0.1) is 0 Å². The number of benzene rings is 2. The normalized spacial score (nSPS) is 20.6. The second-order valence-electron chi connectivity index (χ2n) is 7.17. The maximum Gasteiger partial charge on any atom is 0.254 e. The summed E-state index contributed by atoms with van der Waals surface area (Å²) in [7, 11) is 1.83. The Labute approximate surface area is 158 Å². The van der Waals surface area contributed by atoms with Gasteiger partial charge in [-0.2, -0.15) is 0 Å². The highest BCUT2D eigenvalue weighted by molar-refractivity contribution is 5.95. The van der Waals surface area contributed by atoms with Crippen LogP contribution in [0.1, 0.15) is 29.8 Å². The Morgan fingerprint density at radius 2 is 1.70 bits per heavy atom. The fourth-order valence-corrected chi connectivity index (χ4v) is 3.80. The van der Waals surface area contributed by atoms with E-state index in [0.29, 0.717) is 30.8 Å². The number of anilines is 1. The van der Waals surface area contributed by atoms with Gasteiger partial charge in [0, 0.05) is 55.6 Å². The Hall–Kier alpha value is -2.47. The van der Waals surface area contributed by atoms with Crippen LogP contribution in [-0.4, -0.2) is 47.9 Å². The van der Waals surface area contributed by atoms with Gasteiger partial charge in [-0.3, -0.25) is 9.69 Å². The Balaban J connectivity index is 1.70. The molecule has 2 atom stereocenters. The van der Waals surface area contributed by atoms with Crippen LogP contribution < -0.4 is 5.32 Å². The summed E-state index contributed by atoms with van der Waals surface area (Å²) in [5, 5.41) is 3.04. The molecule has 2 unspecified atom stereocenters. The number of nitrogens with zero attached hydrogens (tertiary/aromatic N) is 2. The number of carbonyl (C=O) groups excluding carboxylic acids is 1. The smallest absolute Gasteiger partial charge is 0.254 e. The first-order chi connectivity index (χ1) is 12.9. The van der Waals surface area contributed by atoms with Crippen molar-refractivity contribution in [2.45, 2.75) is 32.5 Å². The molecule has 0 saturated carbocycles. The molecular weight excluding hydrogens is 348 g/mol. The fraction of sp³-hybridized carbons (Fsp3) is 0.381. The molecular formula is C21H25F2N3O. The lowest BCUT2D eigenvalue weighted by Crippen LogP contribution is -2.58. The SMILES string of the molecule is CNc1ccc(C(=O)N2C(C)CN(Cc3cc(F)ccc3F)CC2C)cc1. The van der Waals surface area contributed by atoms with Gasteiger partial charge < -0.3 is 10.2 Å². The molecule has 0 aliphatic carbocycles. The molecule has 6 heteroatoms. The molecule has 2 aromatic carbocycles. The Bertz CT molecular complexity index is 798. The van der Waals surface area contributed by atoms with Crippen LogP contribution in [0.2, 0.25) is 0 Å². The third-order valence-electron chi connectivity index (χ3n) is 5.05. The van der Waals surface area contributed by atoms with E-state index in [1.54, 1.807) is 0 Å². The maximum atomic E-state index is 13.9. The van der Waals surface area contributed by atoms with Crippen molar-refractivity contribution in [1.82, 2.24) is 9.80 Å². The monoisotopic (exact) mass is 373 g/mol.